The standard InChI is InChI=1S/C15H24N2O/c1-11-10-12(15(2,3)4)6-7-13(11)17(5)14(18)8-9-16/h6-7,10H,8-9,16H2,1-5H3. The van der Waals surface area contributed by atoms with Gasteiger partial charge in [0.2, 0.25) is 5.91 Å². The van der Waals surface area contributed by atoms with Gasteiger partial charge >= 0.3 is 0 Å². The van der Waals surface area contributed by atoms with E-state index in [4.69, 9.17) is 5.73 Å². The highest BCUT2D eigenvalue weighted by Gasteiger charge is 2.17. The number of aryl methyl sites for hydroxylation is 1. The number of hydrogen-bond acceptors (Lipinski definition) is 2. The van der Waals surface area contributed by atoms with Gasteiger partial charge in [-0.05, 0) is 29.5 Å². The van der Waals surface area contributed by atoms with Crippen LogP contribution in [-0.2, 0) is 10.2 Å². The van der Waals surface area contributed by atoms with Gasteiger partial charge < -0.3 is 10.6 Å². The van der Waals surface area contributed by atoms with Crippen LogP contribution in [0.4, 0.5) is 5.69 Å². The van der Waals surface area contributed by atoms with Crippen molar-refractivity contribution in [3.8, 4) is 0 Å². The van der Waals surface area contributed by atoms with Gasteiger partial charge in [-0.15, -0.1) is 0 Å². The number of carbonyl (C=O) groups excluding carboxylic acids is 1. The second kappa shape index (κ2) is 5.53. The van der Waals surface area contributed by atoms with Crippen molar-refractivity contribution < 1.29 is 4.79 Å². The van der Waals surface area contributed by atoms with Gasteiger partial charge in [0.15, 0.2) is 0 Å². The molecule has 0 unspecified atom stereocenters. The van der Waals surface area contributed by atoms with Gasteiger partial charge in [0, 0.05) is 25.7 Å². The van der Waals surface area contributed by atoms with Crippen LogP contribution in [-0.4, -0.2) is 19.5 Å². The molecule has 3 nitrogen and oxygen atoms in total. The minimum atomic E-state index is 0.0594. The lowest BCUT2D eigenvalue weighted by Crippen LogP contribution is -2.28. The van der Waals surface area contributed by atoms with Crippen LogP contribution in [0.3, 0.4) is 0 Å². The van der Waals surface area contributed by atoms with E-state index >= 15 is 0 Å². The topological polar surface area (TPSA) is 46.3 Å². The van der Waals surface area contributed by atoms with E-state index in [0.717, 1.165) is 11.3 Å². The van der Waals surface area contributed by atoms with Gasteiger partial charge in [-0.2, -0.15) is 0 Å². The second-order valence-corrected chi connectivity index (χ2v) is 5.74. The molecule has 0 saturated heterocycles. The Morgan fingerprint density at radius 1 is 1.33 bits per heavy atom. The molecule has 0 aliphatic carbocycles. The van der Waals surface area contributed by atoms with Gasteiger partial charge in [0.1, 0.15) is 0 Å². The molecule has 1 aromatic carbocycles. The molecule has 1 rings (SSSR count). The summed E-state index contributed by atoms with van der Waals surface area (Å²) in [6.07, 6.45) is 0.386. The minimum absolute atomic E-state index is 0.0594. The third-order valence-electron chi connectivity index (χ3n) is 3.16. The third kappa shape index (κ3) is 3.33. The lowest BCUT2D eigenvalue weighted by Gasteiger charge is -2.24. The molecule has 2 N–H and O–H groups in total. The number of anilines is 1. The lowest BCUT2D eigenvalue weighted by atomic mass is 9.86. The molecule has 0 aliphatic rings. The van der Waals surface area contributed by atoms with Crippen LogP contribution in [0.25, 0.3) is 0 Å². The smallest absolute Gasteiger partial charge is 0.227 e. The maximum atomic E-state index is 11.8. The molecule has 0 heterocycles. The highest BCUT2D eigenvalue weighted by Crippen LogP contribution is 2.28. The van der Waals surface area contributed by atoms with E-state index in [2.05, 4.69) is 32.9 Å². The van der Waals surface area contributed by atoms with Gasteiger partial charge in [-0.1, -0.05) is 32.9 Å². The van der Waals surface area contributed by atoms with E-state index in [1.165, 1.54) is 5.56 Å². The summed E-state index contributed by atoms with van der Waals surface area (Å²) in [6.45, 7) is 8.99. The van der Waals surface area contributed by atoms with Crippen LogP contribution < -0.4 is 10.6 Å². The van der Waals surface area contributed by atoms with Crippen LogP contribution in [0.5, 0.6) is 0 Å². The van der Waals surface area contributed by atoms with Crippen molar-refractivity contribution in [3.63, 3.8) is 0 Å². The average Bonchev–Trinajstić information content (AvgIpc) is 2.27. The quantitative estimate of drug-likeness (QED) is 0.893. The number of nitrogens with zero attached hydrogens (tertiary/aromatic N) is 1. The average molecular weight is 248 g/mol. The summed E-state index contributed by atoms with van der Waals surface area (Å²) in [5.74, 6) is 0.0594. The Labute approximate surface area is 110 Å². The molecule has 0 radical (unpaired) electrons. The Morgan fingerprint density at radius 3 is 2.39 bits per heavy atom. The summed E-state index contributed by atoms with van der Waals surface area (Å²) in [5.41, 5.74) is 8.91. The van der Waals surface area contributed by atoms with Crippen molar-refractivity contribution in [1.29, 1.82) is 0 Å². The number of rotatable bonds is 3. The van der Waals surface area contributed by atoms with E-state index in [1.54, 1.807) is 11.9 Å². The predicted octanol–water partition coefficient (Wildman–Crippen LogP) is 2.60. The summed E-state index contributed by atoms with van der Waals surface area (Å²) >= 11 is 0. The zero-order valence-electron chi connectivity index (χ0n) is 12.1. The lowest BCUT2D eigenvalue weighted by molar-refractivity contribution is -0.118. The first-order valence-electron chi connectivity index (χ1n) is 6.35. The van der Waals surface area contributed by atoms with Crippen LogP contribution in [0.2, 0.25) is 0 Å². The van der Waals surface area contributed by atoms with Gasteiger partial charge in [-0.3, -0.25) is 4.79 Å². The van der Waals surface area contributed by atoms with Gasteiger partial charge in [0.25, 0.3) is 0 Å². The SMILES string of the molecule is Cc1cc(C(C)(C)C)ccc1N(C)C(=O)CCN. The number of carbonyl (C=O) groups is 1. The minimum Gasteiger partial charge on any atom is -0.330 e. The summed E-state index contributed by atoms with van der Waals surface area (Å²) in [4.78, 5) is 13.5. The molecular weight excluding hydrogens is 224 g/mol. The molecule has 3 heteroatoms. The molecule has 1 amide bonds. The van der Waals surface area contributed by atoms with E-state index in [0.29, 0.717) is 13.0 Å². The predicted molar refractivity (Wildman–Crippen MR) is 77.0 cm³/mol. The van der Waals surface area contributed by atoms with Crippen molar-refractivity contribution in [3.05, 3.63) is 29.3 Å². The van der Waals surface area contributed by atoms with Crippen molar-refractivity contribution >= 4 is 11.6 Å². The van der Waals surface area contributed by atoms with Crippen molar-refractivity contribution in [1.82, 2.24) is 0 Å². The fraction of sp³-hybridized carbons (Fsp3) is 0.533. The Hall–Kier alpha value is -1.35. The second-order valence-electron chi connectivity index (χ2n) is 5.74. The maximum absolute atomic E-state index is 11.8. The van der Waals surface area contributed by atoms with Crippen LogP contribution in [0, 0.1) is 6.92 Å². The highest BCUT2D eigenvalue weighted by atomic mass is 16.2. The molecule has 0 atom stereocenters. The molecule has 0 fully saturated rings. The molecule has 1 aromatic rings. The molecule has 0 aromatic heterocycles. The van der Waals surface area contributed by atoms with Crippen LogP contribution in [0.1, 0.15) is 38.3 Å². The monoisotopic (exact) mass is 248 g/mol. The molecule has 0 saturated carbocycles. The first-order valence-corrected chi connectivity index (χ1v) is 6.35. The van der Waals surface area contributed by atoms with Crippen molar-refractivity contribution in [2.24, 2.45) is 5.73 Å². The summed E-state index contributed by atoms with van der Waals surface area (Å²) in [7, 11) is 1.80. The molecule has 0 bridgehead atoms. The van der Waals surface area contributed by atoms with Crippen LogP contribution >= 0.6 is 0 Å². The maximum Gasteiger partial charge on any atom is 0.227 e. The van der Waals surface area contributed by atoms with E-state index in [9.17, 15) is 4.79 Å². The van der Waals surface area contributed by atoms with Gasteiger partial charge in [-0.25, -0.2) is 0 Å². The van der Waals surface area contributed by atoms with Gasteiger partial charge in [0.05, 0.1) is 0 Å². The Morgan fingerprint density at radius 2 is 1.94 bits per heavy atom. The number of nitrogens with two attached hydrogens (primary N) is 1. The summed E-state index contributed by atoms with van der Waals surface area (Å²) < 4.78 is 0. The molecular formula is C15H24N2O. The van der Waals surface area contributed by atoms with E-state index in [1.807, 2.05) is 13.0 Å². The Balaban J connectivity index is 3.02. The molecule has 100 valence electrons. The zero-order chi connectivity index (χ0) is 13.9. The first kappa shape index (κ1) is 14.7. The largest absolute Gasteiger partial charge is 0.330 e. The van der Waals surface area contributed by atoms with Crippen molar-refractivity contribution in [2.75, 3.05) is 18.5 Å². The van der Waals surface area contributed by atoms with Crippen LogP contribution in [0.15, 0.2) is 18.2 Å². The Bertz CT molecular complexity index is 433. The Kier molecular flexibility index (Phi) is 4.52. The normalized spacial score (nSPS) is 11.4. The van der Waals surface area contributed by atoms with Crippen molar-refractivity contribution in [2.45, 2.75) is 39.5 Å². The fourth-order valence-corrected chi connectivity index (χ4v) is 1.92. The summed E-state index contributed by atoms with van der Waals surface area (Å²) in [5, 5.41) is 0. The first-order chi connectivity index (χ1) is 8.27. The number of amides is 1. The molecule has 0 spiro atoms. The van der Waals surface area contributed by atoms with E-state index < -0.39 is 0 Å². The third-order valence-corrected chi connectivity index (χ3v) is 3.16. The highest BCUT2D eigenvalue weighted by molar-refractivity contribution is 5.93. The fourth-order valence-electron chi connectivity index (χ4n) is 1.92. The number of hydrogen-bond donors (Lipinski definition) is 1. The number of benzene rings is 1. The molecule has 18 heavy (non-hydrogen) atoms. The summed E-state index contributed by atoms with van der Waals surface area (Å²) in [6, 6.07) is 6.26. The van der Waals surface area contributed by atoms with E-state index in [-0.39, 0.29) is 11.3 Å². The molecule has 0 aliphatic heterocycles. The zero-order valence-corrected chi connectivity index (χ0v) is 12.1.